The van der Waals surface area contributed by atoms with Gasteiger partial charge in [-0.2, -0.15) is 5.26 Å². The van der Waals surface area contributed by atoms with Crippen molar-refractivity contribution in [2.45, 2.75) is 25.3 Å². The molecule has 23 heavy (non-hydrogen) atoms. The first-order chi connectivity index (χ1) is 11.1. The number of anilines is 1. The number of nitriles is 1. The first-order valence-electron chi connectivity index (χ1n) is 7.39. The van der Waals surface area contributed by atoms with Crippen LogP contribution in [-0.4, -0.2) is 21.9 Å². The molecule has 0 saturated heterocycles. The Balaban J connectivity index is 1.97. The standard InChI is InChI=1S/C17H16N4O2/c18-7-11(17(22)23)9-20-13-4-5-16-15(6-13)12(8-19)10-21(16)14-2-1-3-14/h4-7,9-10,14,18,20H,1-3H2,(H,22,23)/b11-9+,18-7?. The van der Waals surface area contributed by atoms with Gasteiger partial charge in [0.2, 0.25) is 0 Å². The van der Waals surface area contributed by atoms with Gasteiger partial charge in [-0.05, 0) is 37.5 Å². The highest BCUT2D eigenvalue weighted by molar-refractivity contribution is 6.07. The molecule has 0 bridgehead atoms. The smallest absolute Gasteiger partial charge is 0.338 e. The van der Waals surface area contributed by atoms with E-state index in [4.69, 9.17) is 10.5 Å². The topological polar surface area (TPSA) is 102 Å². The molecule has 1 aromatic carbocycles. The van der Waals surface area contributed by atoms with Crippen LogP contribution in [0.4, 0.5) is 5.69 Å². The fourth-order valence-corrected chi connectivity index (χ4v) is 2.73. The number of fused-ring (bicyclic) bond motifs is 1. The SMILES string of the molecule is N#Cc1cn(C2CCC2)c2ccc(N/C=C(\C=N)C(=O)O)cc12. The van der Waals surface area contributed by atoms with Crippen LogP contribution in [0, 0.1) is 16.7 Å². The van der Waals surface area contributed by atoms with Gasteiger partial charge in [0.15, 0.2) is 0 Å². The van der Waals surface area contributed by atoms with E-state index in [1.807, 2.05) is 24.4 Å². The molecule has 6 heteroatoms. The lowest BCUT2D eigenvalue weighted by Gasteiger charge is -2.27. The van der Waals surface area contributed by atoms with Crippen molar-refractivity contribution in [3.05, 3.63) is 41.7 Å². The van der Waals surface area contributed by atoms with Gasteiger partial charge in [-0.15, -0.1) is 0 Å². The van der Waals surface area contributed by atoms with Gasteiger partial charge in [-0.1, -0.05) is 0 Å². The molecule has 1 saturated carbocycles. The molecule has 1 fully saturated rings. The molecule has 1 aliphatic rings. The molecule has 0 atom stereocenters. The normalized spacial score (nSPS) is 15.0. The van der Waals surface area contributed by atoms with Gasteiger partial charge in [0.1, 0.15) is 6.07 Å². The summed E-state index contributed by atoms with van der Waals surface area (Å²) < 4.78 is 2.16. The largest absolute Gasteiger partial charge is 0.478 e. The average Bonchev–Trinajstić information content (AvgIpc) is 2.84. The number of aliphatic carboxylic acids is 1. The van der Waals surface area contributed by atoms with Crippen LogP contribution in [0.5, 0.6) is 0 Å². The van der Waals surface area contributed by atoms with E-state index >= 15 is 0 Å². The lowest BCUT2D eigenvalue weighted by Crippen LogP contribution is -2.15. The van der Waals surface area contributed by atoms with E-state index < -0.39 is 5.97 Å². The van der Waals surface area contributed by atoms with Crippen molar-refractivity contribution < 1.29 is 9.90 Å². The summed E-state index contributed by atoms with van der Waals surface area (Å²) in [6, 6.07) is 8.31. The zero-order valence-corrected chi connectivity index (χ0v) is 12.4. The van der Waals surface area contributed by atoms with Crippen LogP contribution in [0.2, 0.25) is 0 Å². The van der Waals surface area contributed by atoms with E-state index in [1.54, 1.807) is 0 Å². The summed E-state index contributed by atoms with van der Waals surface area (Å²) in [4.78, 5) is 10.9. The van der Waals surface area contributed by atoms with Gasteiger partial charge in [0, 0.05) is 41.2 Å². The second-order valence-electron chi connectivity index (χ2n) is 5.57. The number of benzene rings is 1. The molecular weight excluding hydrogens is 292 g/mol. The number of aromatic nitrogens is 1. The molecule has 0 amide bonds. The quantitative estimate of drug-likeness (QED) is 0.582. The summed E-state index contributed by atoms with van der Waals surface area (Å²) in [5.74, 6) is -1.16. The maximum absolute atomic E-state index is 10.9. The summed E-state index contributed by atoms with van der Waals surface area (Å²) in [6.07, 6.45) is 7.44. The van der Waals surface area contributed by atoms with Gasteiger partial charge < -0.3 is 20.4 Å². The molecule has 1 aliphatic carbocycles. The first-order valence-corrected chi connectivity index (χ1v) is 7.39. The van der Waals surface area contributed by atoms with Crippen LogP contribution in [-0.2, 0) is 4.79 Å². The van der Waals surface area contributed by atoms with Crippen LogP contribution < -0.4 is 5.32 Å². The Labute approximate surface area is 133 Å². The number of hydrogen-bond acceptors (Lipinski definition) is 4. The second kappa shape index (κ2) is 5.97. The molecule has 3 rings (SSSR count). The highest BCUT2D eigenvalue weighted by Gasteiger charge is 2.22. The summed E-state index contributed by atoms with van der Waals surface area (Å²) in [5.41, 5.74) is 2.18. The molecule has 0 radical (unpaired) electrons. The lowest BCUT2D eigenvalue weighted by molar-refractivity contribution is -0.132. The predicted octanol–water partition coefficient (Wildman–Crippen LogP) is 3.27. The van der Waals surface area contributed by atoms with Gasteiger partial charge in [-0.3, -0.25) is 0 Å². The summed E-state index contributed by atoms with van der Waals surface area (Å²) in [7, 11) is 0. The van der Waals surface area contributed by atoms with Crippen LogP contribution in [0.25, 0.3) is 10.9 Å². The van der Waals surface area contributed by atoms with Crippen molar-refractivity contribution in [1.82, 2.24) is 4.57 Å². The predicted molar refractivity (Wildman–Crippen MR) is 87.7 cm³/mol. The third-order valence-corrected chi connectivity index (χ3v) is 4.22. The molecule has 1 aromatic heterocycles. The Morgan fingerprint density at radius 2 is 2.26 bits per heavy atom. The van der Waals surface area contributed by atoms with Crippen molar-refractivity contribution in [2.24, 2.45) is 0 Å². The number of rotatable bonds is 5. The zero-order valence-electron chi connectivity index (χ0n) is 12.4. The minimum atomic E-state index is -1.16. The first kappa shape index (κ1) is 14.9. The number of carboxylic acids is 1. The number of hydrogen-bond donors (Lipinski definition) is 3. The molecule has 116 valence electrons. The second-order valence-corrected chi connectivity index (χ2v) is 5.57. The minimum Gasteiger partial charge on any atom is -0.478 e. The average molecular weight is 308 g/mol. The minimum absolute atomic E-state index is 0.141. The number of nitrogens with one attached hydrogen (secondary N) is 2. The summed E-state index contributed by atoms with van der Waals surface area (Å²) in [5, 5.41) is 29.0. The van der Waals surface area contributed by atoms with Crippen molar-refractivity contribution in [1.29, 1.82) is 10.7 Å². The number of carbonyl (C=O) groups is 1. The fraction of sp³-hybridized carbons (Fsp3) is 0.235. The Morgan fingerprint density at radius 1 is 1.48 bits per heavy atom. The van der Waals surface area contributed by atoms with E-state index in [1.165, 1.54) is 12.6 Å². The fourth-order valence-electron chi connectivity index (χ4n) is 2.73. The monoisotopic (exact) mass is 308 g/mol. The van der Waals surface area contributed by atoms with Gasteiger partial charge in [-0.25, -0.2) is 4.79 Å². The molecule has 0 aliphatic heterocycles. The highest BCUT2D eigenvalue weighted by atomic mass is 16.4. The van der Waals surface area contributed by atoms with Gasteiger partial charge in [0.25, 0.3) is 0 Å². The Kier molecular flexibility index (Phi) is 3.85. The van der Waals surface area contributed by atoms with Crippen LogP contribution in [0.3, 0.4) is 0 Å². The van der Waals surface area contributed by atoms with Gasteiger partial charge >= 0.3 is 5.97 Å². The molecule has 0 spiro atoms. The summed E-state index contributed by atoms with van der Waals surface area (Å²) >= 11 is 0. The van der Waals surface area contributed by atoms with E-state index in [-0.39, 0.29) is 5.57 Å². The molecule has 0 unspecified atom stereocenters. The van der Waals surface area contributed by atoms with E-state index in [0.29, 0.717) is 17.3 Å². The van der Waals surface area contributed by atoms with Crippen LogP contribution in [0.1, 0.15) is 30.9 Å². The third-order valence-electron chi connectivity index (χ3n) is 4.22. The molecule has 2 aromatic rings. The molecular formula is C17H16N4O2. The maximum Gasteiger partial charge on any atom is 0.338 e. The maximum atomic E-state index is 10.9. The number of nitrogens with zero attached hydrogens (tertiary/aromatic N) is 2. The summed E-state index contributed by atoms with van der Waals surface area (Å²) in [6.45, 7) is 0. The Bertz CT molecular complexity index is 853. The molecule has 1 heterocycles. The van der Waals surface area contributed by atoms with Crippen LogP contribution >= 0.6 is 0 Å². The molecule has 6 nitrogen and oxygen atoms in total. The lowest BCUT2D eigenvalue weighted by atomic mass is 9.93. The van der Waals surface area contributed by atoms with Crippen molar-refractivity contribution >= 4 is 28.8 Å². The van der Waals surface area contributed by atoms with Crippen molar-refractivity contribution in [3.8, 4) is 6.07 Å². The Morgan fingerprint density at radius 3 is 2.83 bits per heavy atom. The van der Waals surface area contributed by atoms with Crippen molar-refractivity contribution in [3.63, 3.8) is 0 Å². The van der Waals surface area contributed by atoms with E-state index in [2.05, 4.69) is 16.0 Å². The van der Waals surface area contributed by atoms with Crippen LogP contribution in [0.15, 0.2) is 36.2 Å². The highest BCUT2D eigenvalue weighted by Crippen LogP contribution is 2.36. The van der Waals surface area contributed by atoms with E-state index in [9.17, 15) is 10.1 Å². The van der Waals surface area contributed by atoms with Gasteiger partial charge in [0.05, 0.1) is 11.1 Å². The zero-order chi connectivity index (χ0) is 16.4. The van der Waals surface area contributed by atoms with E-state index in [0.717, 1.165) is 30.0 Å². The Hall–Kier alpha value is -3.07. The number of carboxylic acid groups (broad SMARTS) is 1. The van der Waals surface area contributed by atoms with Crippen molar-refractivity contribution in [2.75, 3.05) is 5.32 Å². The third kappa shape index (κ3) is 2.69. The molecule has 3 N–H and O–H groups in total.